The van der Waals surface area contributed by atoms with E-state index in [1.54, 1.807) is 4.90 Å². The van der Waals surface area contributed by atoms with Gasteiger partial charge in [0.25, 0.3) is 5.91 Å². The average Bonchev–Trinajstić information content (AvgIpc) is 3.37. The normalized spacial score (nSPS) is 16.6. The molecule has 0 bridgehead atoms. The van der Waals surface area contributed by atoms with Gasteiger partial charge in [-0.15, -0.1) is 0 Å². The number of amides is 1. The van der Waals surface area contributed by atoms with Crippen molar-refractivity contribution >= 4 is 29.3 Å². The first-order valence-corrected chi connectivity index (χ1v) is 10.4. The molecular formula is C22H25N3O4S. The number of carbonyl (C=O) groups excluding carboxylic acids is 1. The van der Waals surface area contributed by atoms with Gasteiger partial charge in [-0.1, -0.05) is 0 Å². The van der Waals surface area contributed by atoms with Crippen LogP contribution in [-0.4, -0.2) is 47.0 Å². The van der Waals surface area contributed by atoms with Gasteiger partial charge in [-0.2, -0.15) is 0 Å². The lowest BCUT2D eigenvalue weighted by Gasteiger charge is -2.13. The van der Waals surface area contributed by atoms with Crippen LogP contribution in [0.5, 0.6) is 11.5 Å². The predicted molar refractivity (Wildman–Crippen MR) is 118 cm³/mol. The van der Waals surface area contributed by atoms with Crippen LogP contribution in [0.1, 0.15) is 30.3 Å². The van der Waals surface area contributed by atoms with E-state index in [0.29, 0.717) is 30.6 Å². The number of hydrogen-bond donors (Lipinski definition) is 1. The molecule has 0 spiro atoms. The van der Waals surface area contributed by atoms with Gasteiger partial charge in [0.05, 0.1) is 0 Å². The Hall–Kier alpha value is -2.84. The zero-order chi connectivity index (χ0) is 21.3. The molecule has 8 heteroatoms. The molecule has 158 valence electrons. The molecular weight excluding hydrogens is 402 g/mol. The third kappa shape index (κ3) is 3.80. The molecule has 0 unspecified atom stereocenters. The first-order chi connectivity index (χ1) is 14.5. The lowest BCUT2D eigenvalue weighted by atomic mass is 10.2. The molecule has 1 aromatic carbocycles. The molecule has 0 saturated carbocycles. The summed E-state index contributed by atoms with van der Waals surface area (Å²) < 4.78 is 18.4. The number of aryl methyl sites for hydroxylation is 1. The minimum Gasteiger partial charge on any atom is -0.454 e. The van der Waals surface area contributed by atoms with E-state index in [-0.39, 0.29) is 12.7 Å². The molecule has 1 aromatic heterocycles. The summed E-state index contributed by atoms with van der Waals surface area (Å²) in [5, 5.41) is 3.49. The van der Waals surface area contributed by atoms with Crippen LogP contribution < -0.4 is 14.8 Å². The van der Waals surface area contributed by atoms with E-state index in [0.717, 1.165) is 40.6 Å². The molecule has 0 atom stereocenters. The molecule has 1 amide bonds. The summed E-state index contributed by atoms with van der Waals surface area (Å²) in [7, 11) is 0. The Bertz CT molecular complexity index is 1030. The summed E-state index contributed by atoms with van der Waals surface area (Å²) in [4.78, 5) is 14.4. The Morgan fingerprint density at radius 3 is 2.83 bits per heavy atom. The van der Waals surface area contributed by atoms with Crippen molar-refractivity contribution in [2.45, 2.75) is 27.2 Å². The fourth-order valence-corrected chi connectivity index (χ4v) is 4.04. The maximum atomic E-state index is 12.8. The number of carbonyl (C=O) groups is 1. The van der Waals surface area contributed by atoms with Crippen LogP contribution in [0.2, 0.25) is 0 Å². The predicted octanol–water partition coefficient (Wildman–Crippen LogP) is 3.31. The standard InChI is InChI=1S/C22H25N3O4S/c1-4-27-9-5-8-24-21(26)18(23-22(24)30)11-16-10-14(2)25(15(16)3)17-6-7-19-20(12-17)29-13-28-19/h6-7,10-12H,4-5,8-9,13H2,1-3H3,(H,23,30)/b18-11+. The van der Waals surface area contributed by atoms with Gasteiger partial charge in [-0.25, -0.2) is 0 Å². The largest absolute Gasteiger partial charge is 0.454 e. The maximum absolute atomic E-state index is 12.8. The number of rotatable bonds is 7. The summed E-state index contributed by atoms with van der Waals surface area (Å²) in [5.41, 5.74) is 4.51. The first kappa shape index (κ1) is 20.4. The Labute approximate surface area is 181 Å². The fourth-order valence-electron chi connectivity index (χ4n) is 3.75. The number of thiocarbonyl (C=S) groups is 1. The Morgan fingerprint density at radius 2 is 2.03 bits per heavy atom. The van der Waals surface area contributed by atoms with Crippen LogP contribution in [0.15, 0.2) is 30.0 Å². The van der Waals surface area contributed by atoms with Gasteiger partial charge in [-0.05, 0) is 69.2 Å². The van der Waals surface area contributed by atoms with E-state index in [1.165, 1.54) is 0 Å². The first-order valence-electron chi connectivity index (χ1n) is 10.0. The van der Waals surface area contributed by atoms with Crippen LogP contribution in [-0.2, 0) is 9.53 Å². The van der Waals surface area contributed by atoms with Crippen molar-refractivity contribution in [2.24, 2.45) is 0 Å². The van der Waals surface area contributed by atoms with E-state index >= 15 is 0 Å². The van der Waals surface area contributed by atoms with Crippen molar-refractivity contribution in [3.8, 4) is 17.2 Å². The number of fused-ring (bicyclic) bond motifs is 1. The maximum Gasteiger partial charge on any atom is 0.276 e. The van der Waals surface area contributed by atoms with E-state index in [4.69, 9.17) is 26.4 Å². The molecule has 3 heterocycles. The smallest absolute Gasteiger partial charge is 0.276 e. The van der Waals surface area contributed by atoms with Gasteiger partial charge < -0.3 is 24.1 Å². The molecule has 0 aliphatic carbocycles. The molecule has 1 fully saturated rings. The number of ether oxygens (including phenoxy) is 3. The third-order valence-electron chi connectivity index (χ3n) is 5.22. The highest BCUT2D eigenvalue weighted by Gasteiger charge is 2.30. The van der Waals surface area contributed by atoms with E-state index < -0.39 is 0 Å². The Kier molecular flexibility index (Phi) is 5.78. The molecule has 1 saturated heterocycles. The molecule has 4 rings (SSSR count). The molecule has 2 aromatic rings. The minimum absolute atomic E-state index is 0.107. The molecule has 7 nitrogen and oxygen atoms in total. The lowest BCUT2D eigenvalue weighted by Crippen LogP contribution is -2.32. The van der Waals surface area contributed by atoms with Crippen molar-refractivity contribution < 1.29 is 19.0 Å². The van der Waals surface area contributed by atoms with Crippen LogP contribution in [0.3, 0.4) is 0 Å². The SMILES string of the molecule is CCOCCCN1C(=O)/C(=C\c2cc(C)n(-c3ccc4c(c3)OCO4)c2C)NC1=S. The van der Waals surface area contributed by atoms with Gasteiger partial charge in [-0.3, -0.25) is 9.69 Å². The topological polar surface area (TPSA) is 65.0 Å². The van der Waals surface area contributed by atoms with Crippen LogP contribution in [0, 0.1) is 13.8 Å². The number of nitrogens with zero attached hydrogens (tertiary/aromatic N) is 2. The van der Waals surface area contributed by atoms with Crippen LogP contribution >= 0.6 is 12.2 Å². The highest BCUT2D eigenvalue weighted by Crippen LogP contribution is 2.35. The molecule has 0 radical (unpaired) electrons. The van der Waals surface area contributed by atoms with Gasteiger partial charge in [0.2, 0.25) is 6.79 Å². The fraction of sp³-hybridized carbons (Fsp3) is 0.364. The number of nitrogens with one attached hydrogen (secondary N) is 1. The zero-order valence-corrected chi connectivity index (χ0v) is 18.2. The van der Waals surface area contributed by atoms with Gasteiger partial charge in [0.15, 0.2) is 16.6 Å². The summed E-state index contributed by atoms with van der Waals surface area (Å²) in [6, 6.07) is 7.93. The van der Waals surface area contributed by atoms with Crippen molar-refractivity contribution in [2.75, 3.05) is 26.6 Å². The van der Waals surface area contributed by atoms with Crippen molar-refractivity contribution in [3.63, 3.8) is 0 Å². The average molecular weight is 428 g/mol. The zero-order valence-electron chi connectivity index (χ0n) is 17.4. The van der Waals surface area contributed by atoms with Crippen LogP contribution in [0.4, 0.5) is 0 Å². The second kappa shape index (κ2) is 8.49. The summed E-state index contributed by atoms with van der Waals surface area (Å²) in [6.07, 6.45) is 2.61. The highest BCUT2D eigenvalue weighted by molar-refractivity contribution is 7.80. The van der Waals surface area contributed by atoms with E-state index in [1.807, 2.05) is 45.0 Å². The molecule has 30 heavy (non-hydrogen) atoms. The molecule has 1 N–H and O–H groups in total. The minimum atomic E-state index is -0.107. The number of benzene rings is 1. The summed E-state index contributed by atoms with van der Waals surface area (Å²) in [6.45, 7) is 8.08. The quantitative estimate of drug-likeness (QED) is 0.416. The summed E-state index contributed by atoms with van der Waals surface area (Å²) in [5.74, 6) is 1.38. The molecule has 2 aliphatic heterocycles. The van der Waals surface area contributed by atoms with Gasteiger partial charge in [0.1, 0.15) is 5.70 Å². The Balaban J connectivity index is 1.57. The van der Waals surface area contributed by atoms with Crippen molar-refractivity contribution in [1.82, 2.24) is 14.8 Å². The third-order valence-corrected chi connectivity index (χ3v) is 5.54. The lowest BCUT2D eigenvalue weighted by molar-refractivity contribution is -0.122. The van der Waals surface area contributed by atoms with Crippen molar-refractivity contribution in [1.29, 1.82) is 0 Å². The van der Waals surface area contributed by atoms with Gasteiger partial charge in [0, 0.05) is 42.9 Å². The Morgan fingerprint density at radius 1 is 1.23 bits per heavy atom. The van der Waals surface area contributed by atoms with E-state index in [9.17, 15) is 4.79 Å². The van der Waals surface area contributed by atoms with Crippen LogP contribution in [0.25, 0.3) is 11.8 Å². The monoisotopic (exact) mass is 427 g/mol. The number of aromatic nitrogens is 1. The van der Waals surface area contributed by atoms with Crippen molar-refractivity contribution in [3.05, 3.63) is 46.9 Å². The van der Waals surface area contributed by atoms with E-state index in [2.05, 4.69) is 16.0 Å². The second-order valence-corrected chi connectivity index (χ2v) is 7.58. The molecule has 2 aliphatic rings. The highest BCUT2D eigenvalue weighted by atomic mass is 32.1. The van der Waals surface area contributed by atoms with Gasteiger partial charge >= 0.3 is 0 Å². The summed E-state index contributed by atoms with van der Waals surface area (Å²) >= 11 is 5.36. The second-order valence-electron chi connectivity index (χ2n) is 7.19. The number of hydrogen-bond acceptors (Lipinski definition) is 5.